The molecule has 0 aliphatic carbocycles. The van der Waals surface area contributed by atoms with Crippen LogP contribution in [0.25, 0.3) is 5.70 Å². The molecule has 4 N–H and O–H groups in total. The summed E-state index contributed by atoms with van der Waals surface area (Å²) < 4.78 is 11.1. The number of benzene rings is 2. The maximum atomic E-state index is 13.1. The smallest absolute Gasteiger partial charge is 0.255 e. The van der Waals surface area contributed by atoms with Crippen LogP contribution >= 0.6 is 0 Å². The van der Waals surface area contributed by atoms with Crippen LogP contribution in [0.15, 0.2) is 36.5 Å². The number of nitrogens with two attached hydrogens (primary N) is 1. The van der Waals surface area contributed by atoms with Crippen LogP contribution in [0.5, 0.6) is 5.75 Å². The van der Waals surface area contributed by atoms with Gasteiger partial charge in [-0.05, 0) is 67.0 Å². The Labute approximate surface area is 184 Å². The summed E-state index contributed by atoms with van der Waals surface area (Å²) in [6, 6.07) is 10.2. The molecule has 6 nitrogen and oxygen atoms in total. The standard InChI is InChI=1S/C25H33N3O3/c1-16-17(2)24(30-4)22(25(29)28-21-6-5-11-31-15-21)13-20(16)12-18-7-9-19(10-8-18)23(26)14-27-3/h7-10,13-14,21,27H,5-6,11-12,15,26H2,1-4H3,(H,28,29)/b23-14-. The van der Waals surface area contributed by atoms with Crippen molar-refractivity contribution in [3.05, 3.63) is 69.9 Å². The first-order valence-corrected chi connectivity index (χ1v) is 10.7. The van der Waals surface area contributed by atoms with E-state index in [9.17, 15) is 4.79 Å². The minimum Gasteiger partial charge on any atom is -0.496 e. The predicted octanol–water partition coefficient (Wildman–Crippen LogP) is 3.29. The van der Waals surface area contributed by atoms with E-state index >= 15 is 0 Å². The number of rotatable bonds is 7. The lowest BCUT2D eigenvalue weighted by molar-refractivity contribution is 0.0623. The first-order chi connectivity index (χ1) is 14.9. The van der Waals surface area contributed by atoms with Crippen LogP contribution in [0.1, 0.15) is 51.0 Å². The van der Waals surface area contributed by atoms with E-state index in [1.165, 1.54) is 0 Å². The van der Waals surface area contributed by atoms with Crippen molar-refractivity contribution in [2.45, 2.75) is 39.2 Å². The van der Waals surface area contributed by atoms with E-state index in [1.54, 1.807) is 13.3 Å². The Morgan fingerprint density at radius 2 is 2.00 bits per heavy atom. The van der Waals surface area contributed by atoms with Gasteiger partial charge in [-0.2, -0.15) is 0 Å². The van der Waals surface area contributed by atoms with Crippen LogP contribution in [0.3, 0.4) is 0 Å². The van der Waals surface area contributed by atoms with Gasteiger partial charge in [0.2, 0.25) is 0 Å². The third-order valence-electron chi connectivity index (χ3n) is 5.87. The monoisotopic (exact) mass is 423 g/mol. The van der Waals surface area contributed by atoms with E-state index in [0.717, 1.165) is 53.7 Å². The summed E-state index contributed by atoms with van der Waals surface area (Å²) >= 11 is 0. The second kappa shape index (κ2) is 10.4. The van der Waals surface area contributed by atoms with Crippen LogP contribution in [0.2, 0.25) is 0 Å². The Hall–Kier alpha value is -2.99. The second-order valence-corrected chi connectivity index (χ2v) is 8.02. The lowest BCUT2D eigenvalue weighted by Gasteiger charge is -2.24. The molecule has 2 aromatic carbocycles. The van der Waals surface area contributed by atoms with Gasteiger partial charge in [0.1, 0.15) is 5.75 Å². The number of nitrogens with one attached hydrogen (secondary N) is 2. The van der Waals surface area contributed by atoms with Crippen molar-refractivity contribution in [2.75, 3.05) is 27.4 Å². The molecule has 2 aromatic rings. The molecule has 0 radical (unpaired) electrons. The molecule has 3 rings (SSSR count). The predicted molar refractivity (Wildman–Crippen MR) is 124 cm³/mol. The van der Waals surface area contributed by atoms with E-state index in [-0.39, 0.29) is 11.9 Å². The van der Waals surface area contributed by atoms with Crippen molar-refractivity contribution in [1.82, 2.24) is 10.6 Å². The lowest BCUT2D eigenvalue weighted by atomic mass is 9.92. The van der Waals surface area contributed by atoms with Gasteiger partial charge < -0.3 is 25.8 Å². The fourth-order valence-corrected chi connectivity index (χ4v) is 3.97. The normalized spacial score (nSPS) is 16.6. The van der Waals surface area contributed by atoms with Crippen LogP contribution in [0.4, 0.5) is 0 Å². The molecule has 1 atom stereocenters. The molecule has 166 valence electrons. The van der Waals surface area contributed by atoms with E-state index < -0.39 is 0 Å². The van der Waals surface area contributed by atoms with Gasteiger partial charge in [-0.3, -0.25) is 4.79 Å². The zero-order chi connectivity index (χ0) is 22.4. The Morgan fingerprint density at radius 3 is 2.61 bits per heavy atom. The molecule has 0 spiro atoms. The molecule has 1 heterocycles. The summed E-state index contributed by atoms with van der Waals surface area (Å²) in [4.78, 5) is 13.1. The molecule has 0 aromatic heterocycles. The Morgan fingerprint density at radius 1 is 1.26 bits per heavy atom. The Bertz CT molecular complexity index is 945. The first-order valence-electron chi connectivity index (χ1n) is 10.7. The average Bonchev–Trinajstić information content (AvgIpc) is 2.78. The number of amides is 1. The van der Waals surface area contributed by atoms with Crippen molar-refractivity contribution >= 4 is 11.6 Å². The van der Waals surface area contributed by atoms with Crippen LogP contribution < -0.4 is 21.1 Å². The summed E-state index contributed by atoms with van der Waals surface area (Å²) in [5, 5.41) is 6.06. The average molecular weight is 424 g/mol. The number of methoxy groups -OCH3 is 1. The second-order valence-electron chi connectivity index (χ2n) is 8.02. The third kappa shape index (κ3) is 5.39. The quantitative estimate of drug-likeness (QED) is 0.636. The zero-order valence-corrected chi connectivity index (χ0v) is 18.9. The topological polar surface area (TPSA) is 85.6 Å². The van der Waals surface area contributed by atoms with Crippen LogP contribution in [0, 0.1) is 13.8 Å². The summed E-state index contributed by atoms with van der Waals surface area (Å²) in [6.07, 6.45) is 4.39. The molecule has 0 saturated carbocycles. The molecule has 1 aliphatic heterocycles. The molecule has 6 heteroatoms. The van der Waals surface area contributed by atoms with Crippen molar-refractivity contribution in [1.29, 1.82) is 0 Å². The van der Waals surface area contributed by atoms with Gasteiger partial charge in [0.25, 0.3) is 5.91 Å². The maximum absolute atomic E-state index is 13.1. The molecular formula is C25H33N3O3. The van der Waals surface area contributed by atoms with Crippen molar-refractivity contribution < 1.29 is 14.3 Å². The fraction of sp³-hybridized carbons (Fsp3) is 0.400. The molecule has 1 saturated heterocycles. The van der Waals surface area contributed by atoms with E-state index in [0.29, 0.717) is 23.6 Å². The lowest BCUT2D eigenvalue weighted by Crippen LogP contribution is -2.40. The number of ether oxygens (including phenoxy) is 2. The van der Waals surface area contributed by atoms with Crippen molar-refractivity contribution in [3.8, 4) is 5.75 Å². The molecule has 31 heavy (non-hydrogen) atoms. The number of hydrogen-bond donors (Lipinski definition) is 3. The van der Waals surface area contributed by atoms with E-state index in [4.69, 9.17) is 15.2 Å². The minimum atomic E-state index is -0.114. The molecule has 1 fully saturated rings. The van der Waals surface area contributed by atoms with Crippen molar-refractivity contribution in [2.24, 2.45) is 5.73 Å². The summed E-state index contributed by atoms with van der Waals surface area (Å²) in [5.41, 5.74) is 12.7. The van der Waals surface area contributed by atoms with E-state index in [1.807, 2.05) is 32.2 Å². The highest BCUT2D eigenvalue weighted by molar-refractivity contribution is 5.98. The van der Waals surface area contributed by atoms with Gasteiger partial charge in [0.15, 0.2) is 0 Å². The molecule has 1 amide bonds. The number of carbonyl (C=O) groups is 1. The highest BCUT2D eigenvalue weighted by Gasteiger charge is 2.22. The van der Waals surface area contributed by atoms with Gasteiger partial charge in [-0.1, -0.05) is 24.3 Å². The first kappa shape index (κ1) is 22.7. The Kier molecular flexibility index (Phi) is 7.58. The van der Waals surface area contributed by atoms with Gasteiger partial charge in [0.05, 0.1) is 31.0 Å². The fourth-order valence-electron chi connectivity index (χ4n) is 3.97. The summed E-state index contributed by atoms with van der Waals surface area (Å²) in [7, 11) is 3.44. The SMILES string of the molecule is CN/C=C(\N)c1ccc(Cc2cc(C(=O)NC3CCCOC3)c(OC)c(C)c2C)cc1. The largest absolute Gasteiger partial charge is 0.496 e. The highest BCUT2D eigenvalue weighted by atomic mass is 16.5. The Balaban J connectivity index is 1.86. The van der Waals surface area contributed by atoms with E-state index in [2.05, 4.69) is 29.7 Å². The number of carbonyl (C=O) groups excluding carboxylic acids is 1. The maximum Gasteiger partial charge on any atom is 0.255 e. The molecule has 1 aliphatic rings. The van der Waals surface area contributed by atoms with Crippen LogP contribution in [-0.2, 0) is 11.2 Å². The third-order valence-corrected chi connectivity index (χ3v) is 5.87. The van der Waals surface area contributed by atoms with Crippen LogP contribution in [-0.4, -0.2) is 39.3 Å². The minimum absolute atomic E-state index is 0.0414. The molecule has 0 bridgehead atoms. The summed E-state index contributed by atoms with van der Waals surface area (Å²) in [6.45, 7) is 5.40. The van der Waals surface area contributed by atoms with Gasteiger partial charge in [-0.15, -0.1) is 0 Å². The number of hydrogen-bond acceptors (Lipinski definition) is 5. The zero-order valence-electron chi connectivity index (χ0n) is 18.9. The van der Waals surface area contributed by atoms with Gasteiger partial charge in [0, 0.05) is 19.9 Å². The van der Waals surface area contributed by atoms with Crippen molar-refractivity contribution in [3.63, 3.8) is 0 Å². The van der Waals surface area contributed by atoms with Gasteiger partial charge in [-0.25, -0.2) is 0 Å². The van der Waals surface area contributed by atoms with Gasteiger partial charge >= 0.3 is 0 Å². The highest BCUT2D eigenvalue weighted by Crippen LogP contribution is 2.31. The molecule has 1 unspecified atom stereocenters. The molecular weight excluding hydrogens is 390 g/mol. The summed E-state index contributed by atoms with van der Waals surface area (Å²) in [5.74, 6) is 0.521.